The third kappa shape index (κ3) is 2.56. The van der Waals surface area contributed by atoms with Gasteiger partial charge in [-0.05, 0) is 13.3 Å². The highest BCUT2D eigenvalue weighted by Gasteiger charge is 2.10. The van der Waals surface area contributed by atoms with E-state index in [9.17, 15) is 5.11 Å². The van der Waals surface area contributed by atoms with Crippen molar-refractivity contribution in [2.24, 2.45) is 0 Å². The van der Waals surface area contributed by atoms with Gasteiger partial charge in [0.25, 0.3) is 0 Å². The molecule has 1 aromatic carbocycles. The molecule has 0 radical (unpaired) electrons. The Morgan fingerprint density at radius 1 is 1.28 bits per heavy atom. The third-order valence-electron chi connectivity index (χ3n) is 2.84. The van der Waals surface area contributed by atoms with Crippen LogP contribution in [0.4, 0.5) is 0 Å². The van der Waals surface area contributed by atoms with Gasteiger partial charge in [0.05, 0.1) is 31.4 Å². The highest BCUT2D eigenvalue weighted by molar-refractivity contribution is 5.79. The van der Waals surface area contributed by atoms with Crippen LogP contribution in [-0.2, 0) is 6.42 Å². The minimum Gasteiger partial charge on any atom is -0.493 e. The summed E-state index contributed by atoms with van der Waals surface area (Å²) < 4.78 is 10.5. The number of hydrogen-bond acceptors (Lipinski definition) is 4. The van der Waals surface area contributed by atoms with Gasteiger partial charge >= 0.3 is 0 Å². The normalized spacial score (nSPS) is 12.7. The van der Waals surface area contributed by atoms with Crippen molar-refractivity contribution in [3.8, 4) is 11.5 Å². The van der Waals surface area contributed by atoms with Crippen molar-refractivity contribution >= 4 is 11.0 Å². The van der Waals surface area contributed by atoms with Gasteiger partial charge in [0.2, 0.25) is 0 Å². The first-order valence-corrected chi connectivity index (χ1v) is 5.92. The molecule has 0 aliphatic rings. The van der Waals surface area contributed by atoms with Gasteiger partial charge in [-0.3, -0.25) is 0 Å². The van der Waals surface area contributed by atoms with Crippen molar-refractivity contribution in [2.75, 3.05) is 14.2 Å². The summed E-state index contributed by atoms with van der Waals surface area (Å²) >= 11 is 0. The SMILES string of the molecule is COc1cc2nc(CCC(C)O)[nH]c2cc1OC. The molecule has 1 heterocycles. The van der Waals surface area contributed by atoms with E-state index >= 15 is 0 Å². The number of H-pyrrole nitrogens is 1. The second kappa shape index (κ2) is 5.27. The number of rotatable bonds is 5. The van der Waals surface area contributed by atoms with Crippen molar-refractivity contribution in [1.29, 1.82) is 0 Å². The minimum absolute atomic E-state index is 0.317. The van der Waals surface area contributed by atoms with Crippen LogP contribution in [0, 0.1) is 0 Å². The molecular weight excluding hydrogens is 232 g/mol. The van der Waals surface area contributed by atoms with E-state index in [1.807, 2.05) is 12.1 Å². The molecule has 0 saturated heterocycles. The van der Waals surface area contributed by atoms with E-state index < -0.39 is 0 Å². The Bertz CT molecular complexity index is 493. The molecule has 0 amide bonds. The zero-order valence-corrected chi connectivity index (χ0v) is 10.9. The van der Waals surface area contributed by atoms with Gasteiger partial charge in [-0.15, -0.1) is 0 Å². The predicted molar refractivity (Wildman–Crippen MR) is 69.2 cm³/mol. The number of aryl methyl sites for hydroxylation is 1. The molecule has 5 nitrogen and oxygen atoms in total. The zero-order valence-electron chi connectivity index (χ0n) is 10.9. The van der Waals surface area contributed by atoms with Crippen LogP contribution in [0.25, 0.3) is 11.0 Å². The molecule has 0 fully saturated rings. The molecule has 1 aromatic heterocycles. The summed E-state index contributed by atoms with van der Waals surface area (Å²) in [6, 6.07) is 3.71. The maximum atomic E-state index is 9.27. The molecule has 0 spiro atoms. The number of methoxy groups -OCH3 is 2. The van der Waals surface area contributed by atoms with E-state index in [1.165, 1.54) is 0 Å². The Hall–Kier alpha value is -1.75. The van der Waals surface area contributed by atoms with E-state index in [2.05, 4.69) is 9.97 Å². The molecule has 1 unspecified atom stereocenters. The van der Waals surface area contributed by atoms with Gasteiger partial charge in [0, 0.05) is 18.6 Å². The number of nitrogens with zero attached hydrogens (tertiary/aromatic N) is 1. The molecule has 0 aliphatic heterocycles. The van der Waals surface area contributed by atoms with Crippen LogP contribution in [-0.4, -0.2) is 35.4 Å². The molecular formula is C13H18N2O3. The first-order valence-electron chi connectivity index (χ1n) is 5.92. The topological polar surface area (TPSA) is 67.4 Å². The molecule has 0 bridgehead atoms. The Balaban J connectivity index is 2.32. The lowest BCUT2D eigenvalue weighted by Crippen LogP contribution is -2.02. The number of aliphatic hydroxyl groups excluding tert-OH is 1. The number of aromatic amines is 1. The molecule has 98 valence electrons. The molecule has 18 heavy (non-hydrogen) atoms. The van der Waals surface area contributed by atoms with Crippen LogP contribution in [0.3, 0.4) is 0 Å². The number of nitrogens with one attached hydrogen (secondary N) is 1. The van der Waals surface area contributed by atoms with Crippen LogP contribution >= 0.6 is 0 Å². The predicted octanol–water partition coefficient (Wildman–Crippen LogP) is 1.89. The molecule has 5 heteroatoms. The van der Waals surface area contributed by atoms with Crippen LogP contribution < -0.4 is 9.47 Å². The van der Waals surface area contributed by atoms with Crippen molar-refractivity contribution in [3.05, 3.63) is 18.0 Å². The Morgan fingerprint density at radius 2 is 1.94 bits per heavy atom. The minimum atomic E-state index is -0.317. The second-order valence-corrected chi connectivity index (χ2v) is 4.30. The highest BCUT2D eigenvalue weighted by Crippen LogP contribution is 2.31. The second-order valence-electron chi connectivity index (χ2n) is 4.30. The number of imidazole rings is 1. The summed E-state index contributed by atoms with van der Waals surface area (Å²) in [6.07, 6.45) is 1.09. The Morgan fingerprint density at radius 3 is 2.56 bits per heavy atom. The molecule has 0 aliphatic carbocycles. The zero-order chi connectivity index (χ0) is 13.1. The van der Waals surface area contributed by atoms with Gasteiger partial charge in [0.15, 0.2) is 11.5 Å². The number of aromatic nitrogens is 2. The van der Waals surface area contributed by atoms with Crippen LogP contribution in [0.1, 0.15) is 19.2 Å². The van der Waals surface area contributed by atoms with Crippen molar-refractivity contribution in [3.63, 3.8) is 0 Å². The van der Waals surface area contributed by atoms with Crippen molar-refractivity contribution in [2.45, 2.75) is 25.9 Å². The van der Waals surface area contributed by atoms with Crippen molar-refractivity contribution in [1.82, 2.24) is 9.97 Å². The Kier molecular flexibility index (Phi) is 3.72. The van der Waals surface area contributed by atoms with E-state index in [0.717, 1.165) is 23.3 Å². The number of ether oxygens (including phenoxy) is 2. The Labute approximate surface area is 106 Å². The van der Waals surface area contributed by atoms with E-state index in [-0.39, 0.29) is 6.10 Å². The summed E-state index contributed by atoms with van der Waals surface area (Å²) in [5.74, 6) is 2.20. The first-order chi connectivity index (χ1) is 8.63. The standard InChI is InChI=1S/C13H18N2O3/c1-8(16)4-5-13-14-9-6-11(17-2)12(18-3)7-10(9)15-13/h6-8,16H,4-5H2,1-3H3,(H,14,15). The summed E-state index contributed by atoms with van der Waals surface area (Å²) in [5.41, 5.74) is 1.75. The van der Waals surface area contributed by atoms with E-state index in [0.29, 0.717) is 17.9 Å². The number of aliphatic hydroxyl groups is 1. The summed E-state index contributed by atoms with van der Waals surface area (Å²) in [4.78, 5) is 7.69. The van der Waals surface area contributed by atoms with Crippen LogP contribution in [0.5, 0.6) is 11.5 Å². The first kappa shape index (κ1) is 12.7. The largest absolute Gasteiger partial charge is 0.493 e. The van der Waals surface area contributed by atoms with Crippen molar-refractivity contribution < 1.29 is 14.6 Å². The number of benzene rings is 1. The average Bonchev–Trinajstić information content (AvgIpc) is 2.76. The summed E-state index contributed by atoms with van der Waals surface area (Å²) in [6.45, 7) is 1.77. The van der Waals surface area contributed by atoms with Gasteiger partial charge in [0.1, 0.15) is 5.82 Å². The van der Waals surface area contributed by atoms with Gasteiger partial charge in [-0.1, -0.05) is 0 Å². The lowest BCUT2D eigenvalue weighted by Gasteiger charge is -2.06. The fourth-order valence-corrected chi connectivity index (χ4v) is 1.85. The van der Waals surface area contributed by atoms with Crippen LogP contribution in [0.15, 0.2) is 12.1 Å². The summed E-state index contributed by atoms with van der Waals surface area (Å²) in [5, 5.41) is 9.27. The van der Waals surface area contributed by atoms with Crippen LogP contribution in [0.2, 0.25) is 0 Å². The van der Waals surface area contributed by atoms with E-state index in [1.54, 1.807) is 21.1 Å². The third-order valence-corrected chi connectivity index (χ3v) is 2.84. The molecule has 2 aromatic rings. The maximum absolute atomic E-state index is 9.27. The molecule has 2 N–H and O–H groups in total. The molecule has 1 atom stereocenters. The van der Waals surface area contributed by atoms with Gasteiger partial charge in [-0.2, -0.15) is 0 Å². The highest BCUT2D eigenvalue weighted by atomic mass is 16.5. The van der Waals surface area contributed by atoms with Gasteiger partial charge < -0.3 is 19.6 Å². The smallest absolute Gasteiger partial charge is 0.163 e. The lowest BCUT2D eigenvalue weighted by molar-refractivity contribution is 0.184. The fourth-order valence-electron chi connectivity index (χ4n) is 1.85. The monoisotopic (exact) mass is 250 g/mol. The molecule has 0 saturated carbocycles. The molecule has 2 rings (SSSR count). The quantitative estimate of drug-likeness (QED) is 0.850. The maximum Gasteiger partial charge on any atom is 0.163 e. The van der Waals surface area contributed by atoms with E-state index in [4.69, 9.17) is 9.47 Å². The average molecular weight is 250 g/mol. The summed E-state index contributed by atoms with van der Waals surface area (Å²) in [7, 11) is 3.21. The lowest BCUT2D eigenvalue weighted by atomic mass is 10.2. The number of fused-ring (bicyclic) bond motifs is 1. The number of hydrogen-bond donors (Lipinski definition) is 2. The fraction of sp³-hybridized carbons (Fsp3) is 0.462. The van der Waals surface area contributed by atoms with Gasteiger partial charge in [-0.25, -0.2) is 4.98 Å².